The lowest BCUT2D eigenvalue weighted by atomic mass is 9.91. The predicted octanol–water partition coefficient (Wildman–Crippen LogP) is 6.64. The van der Waals surface area contributed by atoms with Crippen molar-refractivity contribution in [2.24, 2.45) is 5.92 Å². The van der Waals surface area contributed by atoms with E-state index in [2.05, 4.69) is 11.9 Å². The third-order valence-corrected chi connectivity index (χ3v) is 7.57. The number of aryl methyl sites for hydroxylation is 4. The molecule has 1 aromatic carbocycles. The Morgan fingerprint density at radius 1 is 1.05 bits per heavy atom. The second kappa shape index (κ2) is 16.3. The van der Waals surface area contributed by atoms with E-state index in [9.17, 15) is 19.5 Å². The fourth-order valence-electron chi connectivity index (χ4n) is 5.42. The first-order valence-corrected chi connectivity index (χ1v) is 15.2. The van der Waals surface area contributed by atoms with Gasteiger partial charge in [-0.1, -0.05) is 49.8 Å². The molecule has 1 unspecified atom stereocenters. The second-order valence-electron chi connectivity index (χ2n) is 12.7. The molecule has 8 heteroatoms. The summed E-state index contributed by atoms with van der Waals surface area (Å²) < 4.78 is 17.5. The van der Waals surface area contributed by atoms with Crippen LogP contribution in [0.15, 0.2) is 59.3 Å². The highest BCUT2D eigenvalue weighted by Gasteiger charge is 2.28. The normalized spacial score (nSPS) is 13.7. The van der Waals surface area contributed by atoms with Crippen LogP contribution in [0.3, 0.4) is 0 Å². The zero-order chi connectivity index (χ0) is 33.3. The molecule has 0 aliphatic rings. The summed E-state index contributed by atoms with van der Waals surface area (Å²) in [6.45, 7) is 18.3. The van der Waals surface area contributed by atoms with Gasteiger partial charge in [-0.3, -0.25) is 14.4 Å². The minimum absolute atomic E-state index is 0.252. The highest BCUT2D eigenvalue weighted by molar-refractivity contribution is 5.83. The Kier molecular flexibility index (Phi) is 13.5. The molecule has 2 atom stereocenters. The molecule has 2 aromatic rings. The van der Waals surface area contributed by atoms with E-state index in [1.807, 2.05) is 72.7 Å². The summed E-state index contributed by atoms with van der Waals surface area (Å²) in [5.41, 5.74) is 6.45. The molecule has 7 nitrogen and oxygen atoms in total. The lowest BCUT2D eigenvalue weighted by Crippen LogP contribution is -2.43. The van der Waals surface area contributed by atoms with Gasteiger partial charge in [-0.2, -0.15) is 0 Å². The van der Waals surface area contributed by atoms with Crippen LogP contribution in [0.1, 0.15) is 79.5 Å². The minimum Gasteiger partial charge on any atom is -0.481 e. The smallest absolute Gasteiger partial charge is 0.305 e. The van der Waals surface area contributed by atoms with Crippen molar-refractivity contribution in [1.82, 2.24) is 14.8 Å². The van der Waals surface area contributed by atoms with E-state index in [-0.39, 0.29) is 11.5 Å². The molecule has 0 fully saturated rings. The standard InChI is InChI=1S/C36H50FN3O4/c1-22(2)11-12-32(40-21-28(13-14-39(9)10)25(6)18-33(40)41)36(44)38-31(20-34(42)43)30(37)19-29(15-23(3)4)35-26(7)16-24(5)17-27(35)8/h15-19,21-22,31-32H,3,11-14,20H2,1-2,4-10H3,(H,38,44)(H,42,43)/b29-15+,30-19-/t31-,32?/m0/s1. The zero-order valence-corrected chi connectivity index (χ0v) is 27.9. The highest BCUT2D eigenvalue weighted by atomic mass is 19.1. The lowest BCUT2D eigenvalue weighted by Gasteiger charge is -2.25. The molecule has 240 valence electrons. The lowest BCUT2D eigenvalue weighted by molar-refractivity contribution is -0.137. The molecule has 0 radical (unpaired) electrons. The first-order chi connectivity index (χ1) is 20.5. The number of nitrogens with zero attached hydrogens (tertiary/aromatic N) is 2. The molecule has 2 N–H and O–H groups in total. The molecule has 0 saturated carbocycles. The van der Waals surface area contributed by atoms with Crippen molar-refractivity contribution in [2.75, 3.05) is 20.6 Å². The first kappa shape index (κ1) is 36.4. The van der Waals surface area contributed by atoms with Gasteiger partial charge >= 0.3 is 5.97 Å². The number of allylic oxidation sites excluding steroid dienone is 4. The van der Waals surface area contributed by atoms with E-state index in [1.165, 1.54) is 16.7 Å². The summed E-state index contributed by atoms with van der Waals surface area (Å²) in [7, 11) is 3.93. The molecular formula is C36H50FN3O4. The number of aromatic nitrogens is 1. The number of halogens is 1. The van der Waals surface area contributed by atoms with Crippen molar-refractivity contribution in [3.63, 3.8) is 0 Å². The Morgan fingerprint density at radius 2 is 1.66 bits per heavy atom. The number of carboxylic acids is 1. The number of hydrogen-bond acceptors (Lipinski definition) is 4. The number of pyridine rings is 1. The van der Waals surface area contributed by atoms with E-state index in [0.717, 1.165) is 39.9 Å². The van der Waals surface area contributed by atoms with Crippen LogP contribution in [0.5, 0.6) is 0 Å². The van der Waals surface area contributed by atoms with Crippen molar-refractivity contribution >= 4 is 17.4 Å². The molecule has 2 rings (SSSR count). The van der Waals surface area contributed by atoms with Crippen molar-refractivity contribution in [1.29, 1.82) is 0 Å². The predicted molar refractivity (Wildman–Crippen MR) is 178 cm³/mol. The van der Waals surface area contributed by atoms with E-state index in [0.29, 0.717) is 30.4 Å². The second-order valence-corrected chi connectivity index (χ2v) is 12.7. The van der Waals surface area contributed by atoms with Crippen molar-refractivity contribution in [3.05, 3.63) is 98.3 Å². The number of carboxylic acid groups (broad SMARTS) is 1. The van der Waals surface area contributed by atoms with Crippen LogP contribution >= 0.6 is 0 Å². The van der Waals surface area contributed by atoms with Crippen LogP contribution in [0, 0.1) is 33.6 Å². The van der Waals surface area contributed by atoms with Gasteiger partial charge in [0.15, 0.2) is 0 Å². The van der Waals surface area contributed by atoms with Crippen LogP contribution in [-0.2, 0) is 16.0 Å². The van der Waals surface area contributed by atoms with Crippen LogP contribution in [0.4, 0.5) is 4.39 Å². The topological polar surface area (TPSA) is 91.6 Å². The van der Waals surface area contributed by atoms with Crippen molar-refractivity contribution in [2.45, 2.75) is 86.2 Å². The number of amides is 1. The van der Waals surface area contributed by atoms with Gasteiger partial charge in [0.05, 0.1) is 12.5 Å². The number of rotatable bonds is 15. The monoisotopic (exact) mass is 607 g/mol. The molecule has 0 aliphatic heterocycles. The fourth-order valence-corrected chi connectivity index (χ4v) is 5.42. The molecule has 44 heavy (non-hydrogen) atoms. The molecule has 1 aromatic heterocycles. The molecule has 0 aliphatic carbocycles. The third kappa shape index (κ3) is 10.7. The van der Waals surface area contributed by atoms with Gasteiger partial charge in [0.2, 0.25) is 5.91 Å². The molecule has 0 spiro atoms. The van der Waals surface area contributed by atoms with Gasteiger partial charge in [0.25, 0.3) is 5.56 Å². The Hall–Kier alpha value is -3.78. The Bertz CT molecular complexity index is 1460. The van der Waals surface area contributed by atoms with Crippen LogP contribution in [0.2, 0.25) is 0 Å². The Balaban J connectivity index is 2.59. The molecule has 1 heterocycles. The summed E-state index contributed by atoms with van der Waals surface area (Å²) in [5.74, 6) is -2.40. The van der Waals surface area contributed by atoms with E-state index < -0.39 is 36.2 Å². The van der Waals surface area contributed by atoms with Crippen LogP contribution < -0.4 is 10.9 Å². The summed E-state index contributed by atoms with van der Waals surface area (Å²) in [6, 6.07) is 3.16. The summed E-state index contributed by atoms with van der Waals surface area (Å²) in [5, 5.41) is 12.3. The summed E-state index contributed by atoms with van der Waals surface area (Å²) in [4.78, 5) is 40.9. The van der Waals surface area contributed by atoms with Crippen LogP contribution in [-0.4, -0.2) is 53.1 Å². The number of benzene rings is 1. The number of carbonyl (C=O) groups excluding carboxylic acids is 1. The fraction of sp³-hybridized carbons (Fsp3) is 0.472. The van der Waals surface area contributed by atoms with Crippen LogP contribution in [0.25, 0.3) is 5.57 Å². The van der Waals surface area contributed by atoms with Gasteiger partial charge in [-0.15, -0.1) is 0 Å². The highest BCUT2D eigenvalue weighted by Crippen LogP contribution is 2.29. The zero-order valence-electron chi connectivity index (χ0n) is 27.9. The van der Waals surface area contributed by atoms with Gasteiger partial charge < -0.3 is 19.9 Å². The van der Waals surface area contributed by atoms with Gasteiger partial charge in [-0.25, -0.2) is 4.39 Å². The molecular weight excluding hydrogens is 557 g/mol. The van der Waals surface area contributed by atoms with Gasteiger partial charge in [0.1, 0.15) is 11.9 Å². The number of carbonyl (C=O) groups is 2. The van der Waals surface area contributed by atoms with Crippen molar-refractivity contribution in [3.8, 4) is 0 Å². The minimum atomic E-state index is -1.43. The average molecular weight is 608 g/mol. The first-order valence-electron chi connectivity index (χ1n) is 15.2. The van der Waals surface area contributed by atoms with E-state index in [1.54, 1.807) is 19.2 Å². The maximum atomic E-state index is 16.1. The summed E-state index contributed by atoms with van der Waals surface area (Å²) >= 11 is 0. The number of nitrogens with one attached hydrogen (secondary N) is 1. The van der Waals surface area contributed by atoms with Gasteiger partial charge in [0, 0.05) is 18.8 Å². The SMILES string of the molecule is C=C(C)/C=C(\C=C(/F)[C@H](CC(=O)O)NC(=O)C(CCC(C)C)n1cc(CCN(C)C)c(C)cc1=O)c1c(C)cc(C)cc1C. The summed E-state index contributed by atoms with van der Waals surface area (Å²) in [6.07, 6.45) is 5.77. The van der Waals surface area contributed by atoms with Crippen molar-refractivity contribution < 1.29 is 19.1 Å². The van der Waals surface area contributed by atoms with E-state index >= 15 is 4.39 Å². The number of aliphatic carboxylic acids is 1. The largest absolute Gasteiger partial charge is 0.481 e. The molecule has 0 saturated heterocycles. The average Bonchev–Trinajstić information content (AvgIpc) is 2.87. The number of likely N-dealkylation sites (N-methyl/N-ethyl adjacent to an activating group) is 1. The number of hydrogen-bond donors (Lipinski definition) is 2. The molecule has 1 amide bonds. The maximum absolute atomic E-state index is 16.1. The third-order valence-electron chi connectivity index (χ3n) is 7.57. The molecule has 0 bridgehead atoms. The quantitative estimate of drug-likeness (QED) is 0.222. The maximum Gasteiger partial charge on any atom is 0.305 e. The van der Waals surface area contributed by atoms with E-state index in [4.69, 9.17) is 0 Å². The van der Waals surface area contributed by atoms with Gasteiger partial charge in [-0.05, 0) is 113 Å². The Morgan fingerprint density at radius 3 is 2.18 bits per heavy atom. The Labute approximate surface area is 262 Å².